The lowest BCUT2D eigenvalue weighted by atomic mass is 10.0. The first-order chi connectivity index (χ1) is 11.2. The molecule has 3 rings (SSSR count). The van der Waals surface area contributed by atoms with Crippen LogP contribution in [0.25, 0.3) is 10.6 Å². The summed E-state index contributed by atoms with van der Waals surface area (Å²) in [6, 6.07) is 5.30. The summed E-state index contributed by atoms with van der Waals surface area (Å²) in [7, 11) is 0. The summed E-state index contributed by atoms with van der Waals surface area (Å²) in [6.07, 6.45) is 2.61. The number of piperazine rings is 1. The Labute approximate surface area is 138 Å². The Kier molecular flexibility index (Phi) is 4.76. The summed E-state index contributed by atoms with van der Waals surface area (Å²) in [4.78, 5) is 27.6. The lowest BCUT2D eigenvalue weighted by molar-refractivity contribution is -0.128. The Bertz CT molecular complexity index is 680. The van der Waals surface area contributed by atoms with Crippen LogP contribution in [0.4, 0.5) is 0 Å². The van der Waals surface area contributed by atoms with Gasteiger partial charge in [-0.15, -0.1) is 11.3 Å². The maximum atomic E-state index is 12.8. The normalized spacial score (nSPS) is 18.0. The van der Waals surface area contributed by atoms with E-state index in [-0.39, 0.29) is 11.8 Å². The zero-order chi connectivity index (χ0) is 16.2. The van der Waals surface area contributed by atoms with Crippen LogP contribution in [0.2, 0.25) is 0 Å². The molecular formula is C16H20N4O2S. The zero-order valence-electron chi connectivity index (χ0n) is 13.0. The van der Waals surface area contributed by atoms with Crippen LogP contribution in [-0.2, 0) is 4.79 Å². The predicted octanol–water partition coefficient (Wildman–Crippen LogP) is 2.27. The minimum atomic E-state index is -0.391. The lowest BCUT2D eigenvalue weighted by Crippen LogP contribution is -2.57. The summed E-state index contributed by atoms with van der Waals surface area (Å²) >= 11 is 1.59. The van der Waals surface area contributed by atoms with E-state index < -0.39 is 6.04 Å². The van der Waals surface area contributed by atoms with E-state index in [4.69, 9.17) is 0 Å². The van der Waals surface area contributed by atoms with E-state index in [1.807, 2.05) is 17.5 Å². The number of thiophene rings is 1. The fourth-order valence-electron chi connectivity index (χ4n) is 2.78. The van der Waals surface area contributed by atoms with Crippen molar-refractivity contribution < 1.29 is 9.59 Å². The quantitative estimate of drug-likeness (QED) is 0.881. The smallest absolute Gasteiger partial charge is 0.275 e. The molecular weight excluding hydrogens is 312 g/mol. The molecule has 0 spiro atoms. The molecule has 0 aliphatic carbocycles. The second kappa shape index (κ2) is 6.95. The van der Waals surface area contributed by atoms with Gasteiger partial charge in [0.15, 0.2) is 5.69 Å². The highest BCUT2D eigenvalue weighted by molar-refractivity contribution is 7.13. The molecule has 2 N–H and O–H groups in total. The average molecular weight is 332 g/mol. The molecule has 1 fully saturated rings. The van der Waals surface area contributed by atoms with Gasteiger partial charge in [-0.05, 0) is 23.9 Å². The molecule has 1 aliphatic heterocycles. The van der Waals surface area contributed by atoms with Crippen molar-refractivity contribution in [3.63, 3.8) is 0 Å². The molecule has 7 heteroatoms. The van der Waals surface area contributed by atoms with Crippen LogP contribution in [0.1, 0.15) is 36.7 Å². The molecule has 122 valence electrons. The van der Waals surface area contributed by atoms with Gasteiger partial charge in [0.1, 0.15) is 6.04 Å². The van der Waals surface area contributed by atoms with E-state index >= 15 is 0 Å². The van der Waals surface area contributed by atoms with Gasteiger partial charge in [0, 0.05) is 13.1 Å². The maximum Gasteiger partial charge on any atom is 0.275 e. The number of carbonyl (C=O) groups excluding carboxylic acids is 2. The zero-order valence-corrected chi connectivity index (χ0v) is 13.9. The second-order valence-corrected chi connectivity index (χ2v) is 6.54. The monoisotopic (exact) mass is 332 g/mol. The van der Waals surface area contributed by atoms with Gasteiger partial charge < -0.3 is 10.2 Å². The minimum absolute atomic E-state index is 0.0629. The number of hydrogen-bond acceptors (Lipinski definition) is 4. The van der Waals surface area contributed by atoms with Gasteiger partial charge in [-0.3, -0.25) is 14.7 Å². The third kappa shape index (κ3) is 3.29. The van der Waals surface area contributed by atoms with Crippen molar-refractivity contribution in [3.8, 4) is 10.6 Å². The molecule has 2 amide bonds. The SMILES string of the molecule is CCCC[C@H]1C(=O)NCCN1C(=O)c1cc(-c2cccs2)[nH]n1. The third-order valence-electron chi connectivity index (χ3n) is 4.01. The van der Waals surface area contributed by atoms with Crippen LogP contribution in [0.5, 0.6) is 0 Å². The van der Waals surface area contributed by atoms with E-state index in [1.165, 1.54) is 0 Å². The summed E-state index contributed by atoms with van der Waals surface area (Å²) in [5.74, 6) is -0.243. The van der Waals surface area contributed by atoms with Crippen molar-refractivity contribution in [2.75, 3.05) is 13.1 Å². The van der Waals surface area contributed by atoms with Crippen LogP contribution < -0.4 is 5.32 Å². The van der Waals surface area contributed by atoms with Crippen LogP contribution in [-0.4, -0.2) is 46.0 Å². The molecule has 6 nitrogen and oxygen atoms in total. The fraction of sp³-hybridized carbons (Fsp3) is 0.438. The molecule has 0 aromatic carbocycles. The largest absolute Gasteiger partial charge is 0.353 e. The molecule has 0 unspecified atom stereocenters. The highest BCUT2D eigenvalue weighted by atomic mass is 32.1. The number of unbranched alkanes of at least 4 members (excludes halogenated alkanes) is 1. The Morgan fingerprint density at radius 2 is 2.39 bits per heavy atom. The number of nitrogens with zero attached hydrogens (tertiary/aromatic N) is 2. The topological polar surface area (TPSA) is 78.1 Å². The molecule has 2 aromatic heterocycles. The Morgan fingerprint density at radius 1 is 1.52 bits per heavy atom. The molecule has 3 heterocycles. The standard InChI is InChI=1S/C16H20N4O2S/c1-2-3-5-13-15(21)17-7-8-20(13)16(22)12-10-11(18-19-12)14-6-4-9-23-14/h4,6,9-10,13H,2-3,5,7-8H2,1H3,(H,17,21)(H,18,19)/t13-/m0/s1. The number of H-pyrrole nitrogens is 1. The van der Waals surface area contributed by atoms with Gasteiger partial charge in [0.2, 0.25) is 5.91 Å². The third-order valence-corrected chi connectivity index (χ3v) is 4.91. The van der Waals surface area contributed by atoms with Crippen molar-refractivity contribution in [3.05, 3.63) is 29.3 Å². The van der Waals surface area contributed by atoms with Crippen molar-refractivity contribution in [2.24, 2.45) is 0 Å². The molecule has 0 radical (unpaired) electrons. The first-order valence-corrected chi connectivity index (χ1v) is 8.76. The minimum Gasteiger partial charge on any atom is -0.353 e. The van der Waals surface area contributed by atoms with E-state index in [1.54, 1.807) is 22.3 Å². The van der Waals surface area contributed by atoms with Gasteiger partial charge >= 0.3 is 0 Å². The number of hydrogen-bond donors (Lipinski definition) is 2. The molecule has 2 aromatic rings. The van der Waals surface area contributed by atoms with Gasteiger partial charge in [0.05, 0.1) is 10.6 Å². The first kappa shape index (κ1) is 15.7. The first-order valence-electron chi connectivity index (χ1n) is 7.88. The number of aromatic nitrogens is 2. The van der Waals surface area contributed by atoms with E-state index in [0.717, 1.165) is 23.4 Å². The van der Waals surface area contributed by atoms with Gasteiger partial charge in [-0.1, -0.05) is 25.8 Å². The summed E-state index contributed by atoms with van der Waals surface area (Å²) in [5.41, 5.74) is 1.19. The van der Waals surface area contributed by atoms with Crippen LogP contribution in [0.15, 0.2) is 23.6 Å². The van der Waals surface area contributed by atoms with Crippen LogP contribution in [0.3, 0.4) is 0 Å². The fourth-order valence-corrected chi connectivity index (χ4v) is 3.47. The number of carbonyl (C=O) groups is 2. The van der Waals surface area contributed by atoms with E-state index in [0.29, 0.717) is 25.2 Å². The number of amides is 2. The van der Waals surface area contributed by atoms with Gasteiger partial charge in [0.25, 0.3) is 5.91 Å². The molecule has 1 saturated heterocycles. The number of nitrogens with one attached hydrogen (secondary N) is 2. The second-order valence-electron chi connectivity index (χ2n) is 5.59. The molecule has 0 saturated carbocycles. The molecule has 1 aliphatic rings. The maximum absolute atomic E-state index is 12.8. The van der Waals surface area contributed by atoms with E-state index in [9.17, 15) is 9.59 Å². The molecule has 23 heavy (non-hydrogen) atoms. The highest BCUT2D eigenvalue weighted by Gasteiger charge is 2.33. The Balaban J connectivity index is 1.79. The van der Waals surface area contributed by atoms with Crippen molar-refractivity contribution in [1.29, 1.82) is 0 Å². The number of aromatic amines is 1. The van der Waals surface area contributed by atoms with Crippen LogP contribution >= 0.6 is 11.3 Å². The molecule has 0 bridgehead atoms. The van der Waals surface area contributed by atoms with Gasteiger partial charge in [-0.2, -0.15) is 5.10 Å². The van der Waals surface area contributed by atoms with Crippen molar-refractivity contribution in [2.45, 2.75) is 32.2 Å². The molecule has 1 atom stereocenters. The average Bonchev–Trinajstić information content (AvgIpc) is 3.23. The van der Waals surface area contributed by atoms with Crippen molar-refractivity contribution >= 4 is 23.2 Å². The Morgan fingerprint density at radius 3 is 3.13 bits per heavy atom. The van der Waals surface area contributed by atoms with E-state index in [2.05, 4.69) is 22.4 Å². The Hall–Kier alpha value is -2.15. The lowest BCUT2D eigenvalue weighted by Gasteiger charge is -2.34. The van der Waals surface area contributed by atoms with Crippen LogP contribution in [0, 0.1) is 0 Å². The summed E-state index contributed by atoms with van der Waals surface area (Å²) in [5, 5.41) is 11.9. The van der Waals surface area contributed by atoms with Gasteiger partial charge in [-0.25, -0.2) is 0 Å². The highest BCUT2D eigenvalue weighted by Crippen LogP contribution is 2.24. The van der Waals surface area contributed by atoms with Crippen molar-refractivity contribution in [1.82, 2.24) is 20.4 Å². The summed E-state index contributed by atoms with van der Waals surface area (Å²) in [6.45, 7) is 3.10. The predicted molar refractivity (Wildman–Crippen MR) is 89.3 cm³/mol. The summed E-state index contributed by atoms with van der Waals surface area (Å²) < 4.78 is 0. The number of rotatable bonds is 5.